The molecule has 0 radical (unpaired) electrons. The molecule has 3 rings (SSSR count). The highest BCUT2D eigenvalue weighted by Crippen LogP contribution is 2.61. The third kappa shape index (κ3) is 2.56. The molecule has 2 aliphatic carbocycles. The van der Waals surface area contributed by atoms with Gasteiger partial charge < -0.3 is 10.2 Å². The van der Waals surface area contributed by atoms with Gasteiger partial charge in [-0.2, -0.15) is 0 Å². The van der Waals surface area contributed by atoms with Crippen LogP contribution >= 0.6 is 0 Å². The summed E-state index contributed by atoms with van der Waals surface area (Å²) in [6, 6.07) is 4.92. The van der Waals surface area contributed by atoms with E-state index in [0.717, 1.165) is 12.0 Å². The Bertz CT molecular complexity index is 633. The molecular weight excluding hydrogens is 284 g/mol. The van der Waals surface area contributed by atoms with Gasteiger partial charge in [0.1, 0.15) is 11.5 Å². The fourth-order valence-corrected chi connectivity index (χ4v) is 5.33. The van der Waals surface area contributed by atoms with Crippen molar-refractivity contribution in [2.75, 3.05) is 0 Å². The highest BCUT2D eigenvalue weighted by atomic mass is 16.3. The van der Waals surface area contributed by atoms with Crippen molar-refractivity contribution in [1.82, 2.24) is 0 Å². The van der Waals surface area contributed by atoms with Crippen LogP contribution in [0.4, 0.5) is 0 Å². The van der Waals surface area contributed by atoms with Gasteiger partial charge in [0.2, 0.25) is 0 Å². The van der Waals surface area contributed by atoms with Crippen LogP contribution in [-0.4, -0.2) is 10.2 Å². The summed E-state index contributed by atoms with van der Waals surface area (Å²) in [6.07, 6.45) is 8.16. The number of fused-ring (bicyclic) bond motifs is 1. The zero-order valence-electron chi connectivity index (χ0n) is 14.9. The molecule has 2 nitrogen and oxygen atoms in total. The number of benzene rings is 1. The monoisotopic (exact) mass is 314 g/mol. The summed E-state index contributed by atoms with van der Waals surface area (Å²) < 4.78 is 0. The summed E-state index contributed by atoms with van der Waals surface area (Å²) in [5.41, 5.74) is 2.86. The predicted molar refractivity (Wildman–Crippen MR) is 94.6 cm³/mol. The molecule has 1 fully saturated rings. The van der Waals surface area contributed by atoms with E-state index >= 15 is 0 Å². The number of hydrogen-bond acceptors (Lipinski definition) is 2. The molecule has 23 heavy (non-hydrogen) atoms. The number of aromatic hydroxyl groups is 2. The summed E-state index contributed by atoms with van der Waals surface area (Å²) in [7, 11) is 0. The molecule has 1 aromatic carbocycles. The van der Waals surface area contributed by atoms with Crippen LogP contribution in [-0.2, 0) is 6.42 Å². The SMILES string of the molecule is CC1=CCC[C@H]2[C@@](C)(Cc3cc(O)ccc3O)[C@H](C)CC[C@]12C. The average molecular weight is 314 g/mol. The summed E-state index contributed by atoms with van der Waals surface area (Å²) >= 11 is 0. The van der Waals surface area contributed by atoms with Crippen molar-refractivity contribution < 1.29 is 10.2 Å². The minimum absolute atomic E-state index is 0.147. The Morgan fingerprint density at radius 1 is 1.17 bits per heavy atom. The Morgan fingerprint density at radius 2 is 1.91 bits per heavy atom. The third-order valence-corrected chi connectivity index (χ3v) is 7.23. The number of phenols is 2. The van der Waals surface area contributed by atoms with Crippen LogP contribution in [0.2, 0.25) is 0 Å². The van der Waals surface area contributed by atoms with Crippen molar-refractivity contribution in [3.05, 3.63) is 35.4 Å². The van der Waals surface area contributed by atoms with E-state index in [9.17, 15) is 10.2 Å². The highest BCUT2D eigenvalue weighted by Gasteiger charge is 2.53. The third-order valence-electron chi connectivity index (χ3n) is 7.23. The number of rotatable bonds is 2. The molecule has 1 aromatic rings. The smallest absolute Gasteiger partial charge is 0.119 e. The maximum atomic E-state index is 10.3. The largest absolute Gasteiger partial charge is 0.508 e. The van der Waals surface area contributed by atoms with Crippen LogP contribution < -0.4 is 0 Å². The molecule has 2 aliphatic rings. The molecule has 0 aliphatic heterocycles. The molecule has 1 saturated carbocycles. The van der Waals surface area contributed by atoms with Crippen molar-refractivity contribution >= 4 is 0 Å². The van der Waals surface area contributed by atoms with Gasteiger partial charge in [0, 0.05) is 0 Å². The maximum absolute atomic E-state index is 10.3. The zero-order chi connectivity index (χ0) is 16.8. The van der Waals surface area contributed by atoms with Gasteiger partial charge in [-0.25, -0.2) is 0 Å². The van der Waals surface area contributed by atoms with Crippen LogP contribution in [0.3, 0.4) is 0 Å². The standard InChI is InChI=1S/C21H30O2/c1-14-6-5-7-19-20(14,3)11-10-15(2)21(19,4)13-16-12-17(22)8-9-18(16)23/h6,8-9,12,15,19,22-23H,5,7,10-11,13H2,1-4H3/t15-,19-,20-,21+/m1/s1. The molecule has 0 spiro atoms. The lowest BCUT2D eigenvalue weighted by molar-refractivity contribution is -0.0412. The summed E-state index contributed by atoms with van der Waals surface area (Å²) in [5.74, 6) is 1.80. The van der Waals surface area contributed by atoms with Crippen LogP contribution in [0.25, 0.3) is 0 Å². The number of phenolic OH excluding ortho intramolecular Hbond substituents is 2. The molecule has 126 valence electrons. The molecule has 2 heteroatoms. The van der Waals surface area contributed by atoms with E-state index in [1.807, 2.05) is 0 Å². The van der Waals surface area contributed by atoms with E-state index in [2.05, 4.69) is 33.8 Å². The van der Waals surface area contributed by atoms with E-state index in [-0.39, 0.29) is 16.6 Å². The van der Waals surface area contributed by atoms with Gasteiger partial charge in [-0.05, 0) is 85.5 Å². The van der Waals surface area contributed by atoms with Crippen molar-refractivity contribution in [1.29, 1.82) is 0 Å². The Kier molecular flexibility index (Phi) is 3.98. The first-order chi connectivity index (χ1) is 10.8. The first-order valence-corrected chi connectivity index (χ1v) is 8.95. The van der Waals surface area contributed by atoms with Crippen LogP contribution in [0.1, 0.15) is 58.9 Å². The molecule has 0 unspecified atom stereocenters. The topological polar surface area (TPSA) is 40.5 Å². The fourth-order valence-electron chi connectivity index (χ4n) is 5.33. The lowest BCUT2D eigenvalue weighted by Crippen LogP contribution is -2.50. The molecule has 0 aromatic heterocycles. The number of allylic oxidation sites excluding steroid dienone is 2. The quantitative estimate of drug-likeness (QED) is 0.564. The summed E-state index contributed by atoms with van der Waals surface area (Å²) in [4.78, 5) is 0. The Hall–Kier alpha value is -1.44. The van der Waals surface area contributed by atoms with Gasteiger partial charge in [0.25, 0.3) is 0 Å². The zero-order valence-corrected chi connectivity index (χ0v) is 14.9. The van der Waals surface area contributed by atoms with Gasteiger partial charge in [-0.15, -0.1) is 0 Å². The molecule has 2 N–H and O–H groups in total. The molecule has 0 amide bonds. The first-order valence-electron chi connectivity index (χ1n) is 8.95. The van der Waals surface area contributed by atoms with Gasteiger partial charge in [-0.1, -0.05) is 32.4 Å². The lowest BCUT2D eigenvalue weighted by atomic mass is 9.47. The van der Waals surface area contributed by atoms with Crippen LogP contribution in [0.15, 0.2) is 29.8 Å². The Morgan fingerprint density at radius 3 is 2.65 bits per heavy atom. The lowest BCUT2D eigenvalue weighted by Gasteiger charge is -2.58. The molecule has 0 bridgehead atoms. The molecular formula is C21H30O2. The van der Waals surface area contributed by atoms with E-state index in [1.165, 1.54) is 25.7 Å². The van der Waals surface area contributed by atoms with Crippen molar-refractivity contribution in [2.24, 2.45) is 22.7 Å². The average Bonchev–Trinajstić information content (AvgIpc) is 2.50. The Labute approximate surface area is 140 Å². The normalized spacial score (nSPS) is 37.1. The van der Waals surface area contributed by atoms with Gasteiger partial charge in [0.05, 0.1) is 0 Å². The van der Waals surface area contributed by atoms with E-state index < -0.39 is 0 Å². The second-order valence-electron chi connectivity index (χ2n) is 8.37. The van der Waals surface area contributed by atoms with Crippen LogP contribution in [0.5, 0.6) is 11.5 Å². The summed E-state index contributed by atoms with van der Waals surface area (Å²) in [6.45, 7) is 9.51. The van der Waals surface area contributed by atoms with Gasteiger partial charge in [-0.3, -0.25) is 0 Å². The predicted octanol–water partition coefficient (Wildman–Crippen LogP) is 5.44. The highest BCUT2D eigenvalue weighted by molar-refractivity contribution is 5.39. The van der Waals surface area contributed by atoms with Gasteiger partial charge >= 0.3 is 0 Å². The fraction of sp³-hybridized carbons (Fsp3) is 0.619. The van der Waals surface area contributed by atoms with Crippen LogP contribution in [0, 0.1) is 22.7 Å². The van der Waals surface area contributed by atoms with Crippen molar-refractivity contribution in [3.63, 3.8) is 0 Å². The molecule has 0 heterocycles. The molecule has 4 atom stereocenters. The van der Waals surface area contributed by atoms with Crippen molar-refractivity contribution in [3.8, 4) is 11.5 Å². The number of hydrogen-bond donors (Lipinski definition) is 2. The second-order valence-corrected chi connectivity index (χ2v) is 8.37. The van der Waals surface area contributed by atoms with Crippen molar-refractivity contribution in [2.45, 2.75) is 59.8 Å². The van der Waals surface area contributed by atoms with Gasteiger partial charge in [0.15, 0.2) is 0 Å². The minimum Gasteiger partial charge on any atom is -0.508 e. The maximum Gasteiger partial charge on any atom is 0.119 e. The Balaban J connectivity index is 2.00. The summed E-state index contributed by atoms with van der Waals surface area (Å²) in [5, 5.41) is 20.1. The molecule has 0 saturated heterocycles. The van der Waals surface area contributed by atoms with E-state index in [4.69, 9.17) is 0 Å². The van der Waals surface area contributed by atoms with E-state index in [0.29, 0.717) is 17.6 Å². The van der Waals surface area contributed by atoms with E-state index in [1.54, 1.807) is 23.8 Å². The first kappa shape index (κ1) is 16.4. The second kappa shape index (κ2) is 5.58. The minimum atomic E-state index is 0.147.